The molecule has 0 aliphatic carbocycles. The Balaban J connectivity index is 1.54. The summed E-state index contributed by atoms with van der Waals surface area (Å²) in [6.45, 7) is 3.62. The second-order valence-electron chi connectivity index (χ2n) is 7.52. The number of rotatable bonds is 7. The van der Waals surface area contributed by atoms with Gasteiger partial charge in [-0.05, 0) is 23.6 Å². The smallest absolute Gasteiger partial charge is 0.243 e. The second-order valence-corrected chi connectivity index (χ2v) is 9.43. The number of aromatic nitrogens is 2. The Bertz CT molecular complexity index is 1120. The fourth-order valence-corrected chi connectivity index (χ4v) is 5.70. The summed E-state index contributed by atoms with van der Waals surface area (Å²) in [6, 6.07) is 17.2. The van der Waals surface area contributed by atoms with Crippen molar-refractivity contribution >= 4 is 10.0 Å². The van der Waals surface area contributed by atoms with Crippen molar-refractivity contribution in [3.63, 3.8) is 0 Å². The molecule has 1 aliphatic heterocycles. The third-order valence-electron chi connectivity index (χ3n) is 5.61. The van der Waals surface area contributed by atoms with Gasteiger partial charge in [0.25, 0.3) is 0 Å². The van der Waals surface area contributed by atoms with Crippen LogP contribution in [0.4, 0.5) is 0 Å². The fourth-order valence-electron chi connectivity index (χ4n) is 3.99. The molecule has 0 spiro atoms. The Labute approximate surface area is 178 Å². The number of fused-ring (bicyclic) bond motifs is 1. The number of ether oxygens (including phenoxy) is 1. The Hall–Kier alpha value is -2.48. The number of benzene rings is 2. The molecule has 30 heavy (non-hydrogen) atoms. The molecule has 6 nitrogen and oxygen atoms in total. The highest BCUT2D eigenvalue weighted by Gasteiger charge is 2.32. The maximum atomic E-state index is 13.4. The van der Waals surface area contributed by atoms with Crippen molar-refractivity contribution in [2.75, 3.05) is 6.54 Å². The van der Waals surface area contributed by atoms with Crippen molar-refractivity contribution in [2.45, 2.75) is 44.4 Å². The molecule has 3 aromatic rings. The van der Waals surface area contributed by atoms with E-state index in [0.29, 0.717) is 44.0 Å². The van der Waals surface area contributed by atoms with Crippen molar-refractivity contribution in [1.82, 2.24) is 14.1 Å². The summed E-state index contributed by atoms with van der Waals surface area (Å²) >= 11 is 0. The minimum absolute atomic E-state index is 0.327. The van der Waals surface area contributed by atoms with Crippen molar-refractivity contribution in [3.05, 3.63) is 82.7 Å². The minimum atomic E-state index is -3.56. The summed E-state index contributed by atoms with van der Waals surface area (Å²) in [5.74, 6) is 0. The maximum absolute atomic E-state index is 13.4. The lowest BCUT2D eigenvalue weighted by molar-refractivity contribution is 0.103. The molecule has 4 rings (SSSR count). The maximum Gasteiger partial charge on any atom is 0.243 e. The van der Waals surface area contributed by atoms with E-state index in [2.05, 4.69) is 5.10 Å². The second kappa shape index (κ2) is 8.71. The zero-order chi connectivity index (χ0) is 21.1. The Morgan fingerprint density at radius 1 is 1.03 bits per heavy atom. The molecule has 2 aromatic carbocycles. The van der Waals surface area contributed by atoms with Crippen LogP contribution in [0.25, 0.3) is 0 Å². The van der Waals surface area contributed by atoms with Gasteiger partial charge < -0.3 is 4.74 Å². The molecule has 1 aromatic heterocycles. The van der Waals surface area contributed by atoms with Gasteiger partial charge in [0.05, 0.1) is 23.8 Å². The summed E-state index contributed by atoms with van der Waals surface area (Å²) in [4.78, 5) is 0.404. The molecule has 7 heteroatoms. The molecule has 2 heterocycles. The molecule has 0 saturated heterocycles. The third kappa shape index (κ3) is 4.05. The largest absolute Gasteiger partial charge is 0.370 e. The number of aryl methyl sites for hydroxylation is 2. The summed E-state index contributed by atoms with van der Waals surface area (Å²) in [5.41, 5.74) is 4.81. The first kappa shape index (κ1) is 20.8. The molecular formula is C23H27N3O3S. The van der Waals surface area contributed by atoms with E-state index in [1.54, 1.807) is 16.4 Å². The molecule has 0 N–H and O–H groups in total. The van der Waals surface area contributed by atoms with Crippen LogP contribution in [-0.4, -0.2) is 29.0 Å². The molecule has 0 bridgehead atoms. The average molecular weight is 426 g/mol. The molecule has 1 aliphatic rings. The number of sulfonamides is 1. The quantitative estimate of drug-likeness (QED) is 0.582. The lowest BCUT2D eigenvalue weighted by Crippen LogP contribution is -2.37. The molecule has 0 fully saturated rings. The van der Waals surface area contributed by atoms with Gasteiger partial charge in [-0.3, -0.25) is 4.68 Å². The van der Waals surface area contributed by atoms with E-state index in [0.717, 1.165) is 28.1 Å². The Kier molecular flexibility index (Phi) is 6.04. The summed E-state index contributed by atoms with van der Waals surface area (Å²) in [5, 5.41) is 4.62. The highest BCUT2D eigenvalue weighted by atomic mass is 32.2. The summed E-state index contributed by atoms with van der Waals surface area (Å²) < 4.78 is 36.0. The van der Waals surface area contributed by atoms with Crippen molar-refractivity contribution in [1.29, 1.82) is 0 Å². The standard InChI is InChI=1S/C23H27N3O3S/c1-3-19-11-7-8-12-23(19)30(27,28)26-14-13-22-20(15-26)21(24-25(22)2)17-29-16-18-9-5-4-6-10-18/h4-12H,3,13-17H2,1-2H3. The average Bonchev–Trinajstić information content (AvgIpc) is 3.09. The van der Waals surface area contributed by atoms with Crippen LogP contribution in [0.3, 0.4) is 0 Å². The van der Waals surface area contributed by atoms with Gasteiger partial charge in [-0.2, -0.15) is 9.40 Å². The number of hydrogen-bond acceptors (Lipinski definition) is 4. The minimum Gasteiger partial charge on any atom is -0.370 e. The fraction of sp³-hybridized carbons (Fsp3) is 0.348. The predicted molar refractivity (Wildman–Crippen MR) is 115 cm³/mol. The van der Waals surface area contributed by atoms with Crippen LogP contribution in [0.2, 0.25) is 0 Å². The van der Waals surface area contributed by atoms with Crippen LogP contribution in [0.15, 0.2) is 59.5 Å². The van der Waals surface area contributed by atoms with E-state index < -0.39 is 10.0 Å². The van der Waals surface area contributed by atoms with Gasteiger partial charge in [-0.1, -0.05) is 55.5 Å². The zero-order valence-electron chi connectivity index (χ0n) is 17.4. The van der Waals surface area contributed by atoms with Gasteiger partial charge in [0.2, 0.25) is 10.0 Å². The molecule has 158 valence electrons. The highest BCUT2D eigenvalue weighted by Crippen LogP contribution is 2.29. The topological polar surface area (TPSA) is 64.4 Å². The molecule has 0 saturated carbocycles. The van der Waals surface area contributed by atoms with Crippen molar-refractivity contribution in [2.24, 2.45) is 7.05 Å². The van der Waals surface area contributed by atoms with Crippen LogP contribution in [-0.2, 0) is 54.4 Å². The van der Waals surface area contributed by atoms with Crippen LogP contribution < -0.4 is 0 Å². The molecular weight excluding hydrogens is 398 g/mol. The van der Waals surface area contributed by atoms with E-state index >= 15 is 0 Å². The molecule has 0 radical (unpaired) electrons. The van der Waals surface area contributed by atoms with Crippen molar-refractivity contribution in [3.8, 4) is 0 Å². The zero-order valence-corrected chi connectivity index (χ0v) is 18.2. The first-order valence-corrected chi connectivity index (χ1v) is 11.7. The van der Waals surface area contributed by atoms with Gasteiger partial charge in [-0.15, -0.1) is 0 Å². The highest BCUT2D eigenvalue weighted by molar-refractivity contribution is 7.89. The van der Waals surface area contributed by atoms with E-state index in [1.165, 1.54) is 0 Å². The van der Waals surface area contributed by atoms with E-state index in [9.17, 15) is 8.42 Å². The monoisotopic (exact) mass is 425 g/mol. The van der Waals surface area contributed by atoms with Gasteiger partial charge in [-0.25, -0.2) is 8.42 Å². The van der Waals surface area contributed by atoms with Gasteiger partial charge >= 0.3 is 0 Å². The van der Waals surface area contributed by atoms with Gasteiger partial charge in [0, 0.05) is 37.8 Å². The number of hydrogen-bond donors (Lipinski definition) is 0. The van der Waals surface area contributed by atoms with Gasteiger partial charge in [0.15, 0.2) is 0 Å². The molecule has 0 unspecified atom stereocenters. The predicted octanol–water partition coefficient (Wildman–Crippen LogP) is 3.45. The van der Waals surface area contributed by atoms with Crippen LogP contribution in [0.1, 0.15) is 35.0 Å². The summed E-state index contributed by atoms with van der Waals surface area (Å²) in [6.07, 6.45) is 1.32. The first-order valence-electron chi connectivity index (χ1n) is 10.2. The lowest BCUT2D eigenvalue weighted by Gasteiger charge is -2.27. The van der Waals surface area contributed by atoms with Crippen LogP contribution in [0, 0.1) is 0 Å². The molecule has 0 atom stereocenters. The normalized spacial score (nSPS) is 14.6. The van der Waals surface area contributed by atoms with E-state index in [1.807, 2.05) is 61.1 Å². The molecule has 0 amide bonds. The van der Waals surface area contributed by atoms with E-state index in [4.69, 9.17) is 4.74 Å². The first-order chi connectivity index (χ1) is 14.5. The van der Waals surface area contributed by atoms with Crippen LogP contribution in [0.5, 0.6) is 0 Å². The SMILES string of the molecule is CCc1ccccc1S(=O)(=O)N1CCc2c(c(COCc3ccccc3)nn2C)C1. The van der Waals surface area contributed by atoms with E-state index in [-0.39, 0.29) is 0 Å². The van der Waals surface area contributed by atoms with Gasteiger partial charge in [0.1, 0.15) is 0 Å². The number of nitrogens with zero attached hydrogens (tertiary/aromatic N) is 3. The van der Waals surface area contributed by atoms with Crippen molar-refractivity contribution < 1.29 is 13.2 Å². The summed E-state index contributed by atoms with van der Waals surface area (Å²) in [7, 11) is -1.65. The third-order valence-corrected chi connectivity index (χ3v) is 7.56. The Morgan fingerprint density at radius 3 is 2.53 bits per heavy atom. The Morgan fingerprint density at radius 2 is 1.77 bits per heavy atom. The van der Waals surface area contributed by atoms with Crippen LogP contribution >= 0.6 is 0 Å². The lowest BCUT2D eigenvalue weighted by atomic mass is 10.1.